The average Bonchev–Trinajstić information content (AvgIpc) is 2.16. The van der Waals surface area contributed by atoms with Gasteiger partial charge in [-0.05, 0) is 24.3 Å². The summed E-state index contributed by atoms with van der Waals surface area (Å²) in [6.07, 6.45) is 1.04. The summed E-state index contributed by atoms with van der Waals surface area (Å²) in [5.74, 6) is 0. The normalized spacial score (nSPS) is 13.2. The van der Waals surface area contributed by atoms with Gasteiger partial charge in [0.2, 0.25) is 0 Å². The highest BCUT2D eigenvalue weighted by Gasteiger charge is 2.24. The molecule has 0 saturated carbocycles. The Morgan fingerprint density at radius 1 is 1.25 bits per heavy atom. The molecule has 0 saturated heterocycles. The maximum atomic E-state index is 3.94. The maximum Gasteiger partial charge on any atom is 0.0346 e. The molecule has 0 spiro atoms. The van der Waals surface area contributed by atoms with Crippen LogP contribution in [-0.4, -0.2) is 6.04 Å². The second-order valence-corrected chi connectivity index (χ2v) is 5.53. The average molecular weight is 217 g/mol. The lowest BCUT2D eigenvalue weighted by Gasteiger charge is -2.32. The van der Waals surface area contributed by atoms with Crippen LogP contribution in [0.4, 0.5) is 0 Å². The Kier molecular flexibility index (Phi) is 4.17. The smallest absolute Gasteiger partial charge is 0.0346 e. The second-order valence-electron chi connectivity index (χ2n) is 5.53. The van der Waals surface area contributed by atoms with Crippen molar-refractivity contribution in [3.05, 3.63) is 48.2 Å². The Morgan fingerprint density at radius 3 is 2.25 bits per heavy atom. The van der Waals surface area contributed by atoms with Crippen LogP contribution in [0.25, 0.3) is 0 Å². The van der Waals surface area contributed by atoms with Crippen molar-refractivity contribution in [3.8, 4) is 0 Å². The molecule has 1 rings (SSSR count). The molecule has 88 valence electrons. The molecule has 1 aromatic rings. The Bertz CT molecular complexity index is 332. The summed E-state index contributed by atoms with van der Waals surface area (Å²) in [5.41, 5.74) is 2.64. The monoisotopic (exact) mass is 217 g/mol. The first kappa shape index (κ1) is 12.8. The minimum Gasteiger partial charge on any atom is -0.385 e. The van der Waals surface area contributed by atoms with Crippen molar-refractivity contribution in [2.75, 3.05) is 0 Å². The number of hydrogen-bond donors (Lipinski definition) is 1. The van der Waals surface area contributed by atoms with Crippen LogP contribution < -0.4 is 5.32 Å². The van der Waals surface area contributed by atoms with Gasteiger partial charge in [-0.15, -0.1) is 0 Å². The maximum absolute atomic E-state index is 3.94. The van der Waals surface area contributed by atoms with E-state index in [1.54, 1.807) is 0 Å². The van der Waals surface area contributed by atoms with E-state index in [1.807, 2.05) is 6.92 Å². The highest BCUT2D eigenvalue weighted by atomic mass is 14.9. The van der Waals surface area contributed by atoms with Crippen molar-refractivity contribution in [3.63, 3.8) is 0 Å². The zero-order chi connectivity index (χ0) is 12.2. The van der Waals surface area contributed by atoms with Gasteiger partial charge in [0.05, 0.1) is 0 Å². The van der Waals surface area contributed by atoms with Crippen molar-refractivity contribution in [1.29, 1.82) is 0 Å². The molecule has 1 aromatic carbocycles. The lowest BCUT2D eigenvalue weighted by atomic mass is 9.83. The van der Waals surface area contributed by atoms with E-state index < -0.39 is 0 Å². The molecule has 1 nitrogen and oxygen atoms in total. The van der Waals surface area contributed by atoms with Gasteiger partial charge in [0, 0.05) is 11.7 Å². The minimum absolute atomic E-state index is 0.231. The molecule has 1 N–H and O–H groups in total. The lowest BCUT2D eigenvalue weighted by molar-refractivity contribution is 0.282. The van der Waals surface area contributed by atoms with Gasteiger partial charge in [0.25, 0.3) is 0 Å². The molecule has 1 unspecified atom stereocenters. The van der Waals surface area contributed by atoms with Crippen molar-refractivity contribution in [2.24, 2.45) is 5.41 Å². The van der Waals surface area contributed by atoms with E-state index in [0.29, 0.717) is 6.04 Å². The van der Waals surface area contributed by atoms with Crippen LogP contribution in [0.2, 0.25) is 0 Å². The van der Waals surface area contributed by atoms with Gasteiger partial charge < -0.3 is 5.32 Å². The predicted molar refractivity (Wildman–Crippen MR) is 71.3 cm³/mol. The Balaban J connectivity index is 2.75. The van der Waals surface area contributed by atoms with Gasteiger partial charge in [-0.2, -0.15) is 0 Å². The summed E-state index contributed by atoms with van der Waals surface area (Å²) in [6, 6.07) is 11.0. The number of benzene rings is 1. The van der Waals surface area contributed by atoms with E-state index in [-0.39, 0.29) is 5.41 Å². The third-order valence-corrected chi connectivity index (χ3v) is 2.75. The first-order valence-corrected chi connectivity index (χ1v) is 5.85. The summed E-state index contributed by atoms with van der Waals surface area (Å²) in [6.45, 7) is 12.7. The molecule has 1 atom stereocenters. The van der Waals surface area contributed by atoms with Gasteiger partial charge in [-0.1, -0.05) is 57.7 Å². The van der Waals surface area contributed by atoms with E-state index in [4.69, 9.17) is 0 Å². The fourth-order valence-electron chi connectivity index (χ4n) is 1.72. The minimum atomic E-state index is 0.231. The van der Waals surface area contributed by atoms with Gasteiger partial charge in [0.15, 0.2) is 0 Å². The number of hydrogen-bond acceptors (Lipinski definition) is 1. The van der Waals surface area contributed by atoms with Crippen LogP contribution in [0.5, 0.6) is 0 Å². The van der Waals surface area contributed by atoms with E-state index in [9.17, 15) is 0 Å². The second kappa shape index (κ2) is 5.20. The Hall–Kier alpha value is -1.24. The third kappa shape index (κ3) is 4.09. The summed E-state index contributed by atoms with van der Waals surface area (Å²) < 4.78 is 0. The molecular weight excluding hydrogens is 194 g/mol. The molecule has 0 heterocycles. The summed E-state index contributed by atoms with van der Waals surface area (Å²) >= 11 is 0. The molecule has 0 aromatic heterocycles. The van der Waals surface area contributed by atoms with Gasteiger partial charge >= 0.3 is 0 Å². The third-order valence-electron chi connectivity index (χ3n) is 2.75. The van der Waals surface area contributed by atoms with Crippen LogP contribution in [0.3, 0.4) is 0 Å². The van der Waals surface area contributed by atoms with Crippen molar-refractivity contribution in [1.82, 2.24) is 5.32 Å². The molecule has 0 bridgehead atoms. The van der Waals surface area contributed by atoms with Crippen LogP contribution in [-0.2, 0) is 6.42 Å². The summed E-state index contributed by atoms with van der Waals surface area (Å²) in [4.78, 5) is 0. The van der Waals surface area contributed by atoms with E-state index in [1.165, 1.54) is 5.56 Å². The molecule has 0 aliphatic carbocycles. The van der Waals surface area contributed by atoms with Crippen LogP contribution in [0, 0.1) is 5.41 Å². The fourth-order valence-corrected chi connectivity index (χ4v) is 1.72. The van der Waals surface area contributed by atoms with Gasteiger partial charge in [0.1, 0.15) is 0 Å². The van der Waals surface area contributed by atoms with Crippen LogP contribution in [0.15, 0.2) is 42.6 Å². The molecule has 1 heteroatoms. The van der Waals surface area contributed by atoms with Crippen LogP contribution in [0.1, 0.15) is 33.3 Å². The number of nitrogens with one attached hydrogen (secondary N) is 1. The zero-order valence-corrected chi connectivity index (χ0v) is 10.9. The molecule has 0 fully saturated rings. The zero-order valence-electron chi connectivity index (χ0n) is 10.9. The molecule has 0 radical (unpaired) electrons. The largest absolute Gasteiger partial charge is 0.385 e. The fraction of sp³-hybridized carbons (Fsp3) is 0.467. The molecular formula is C15H23N. The molecule has 0 aliphatic heterocycles. The van der Waals surface area contributed by atoms with Crippen LogP contribution >= 0.6 is 0 Å². The molecule has 0 amide bonds. The van der Waals surface area contributed by atoms with Gasteiger partial charge in [-0.25, -0.2) is 0 Å². The Labute approximate surface area is 99.6 Å². The predicted octanol–water partition coefficient (Wildman–Crippen LogP) is 3.77. The SMILES string of the molecule is C=C(C)NC(Cc1ccccc1)C(C)(C)C. The summed E-state index contributed by atoms with van der Waals surface area (Å²) in [5, 5.41) is 3.47. The van der Waals surface area contributed by atoms with Gasteiger partial charge in [-0.3, -0.25) is 0 Å². The van der Waals surface area contributed by atoms with E-state index >= 15 is 0 Å². The van der Waals surface area contributed by atoms with E-state index in [0.717, 1.165) is 12.1 Å². The standard InChI is InChI=1S/C15H23N/c1-12(2)16-14(15(3,4)5)11-13-9-7-6-8-10-13/h6-10,14,16H,1,11H2,2-5H3. The molecule has 0 aliphatic rings. The van der Waals surface area contributed by atoms with Crippen molar-refractivity contribution < 1.29 is 0 Å². The van der Waals surface area contributed by atoms with Crippen molar-refractivity contribution >= 4 is 0 Å². The lowest BCUT2D eigenvalue weighted by Crippen LogP contribution is -2.40. The first-order valence-electron chi connectivity index (χ1n) is 5.85. The molecule has 16 heavy (non-hydrogen) atoms. The number of allylic oxidation sites excluding steroid dienone is 1. The number of rotatable bonds is 4. The first-order chi connectivity index (χ1) is 7.39. The topological polar surface area (TPSA) is 12.0 Å². The summed E-state index contributed by atoms with van der Waals surface area (Å²) in [7, 11) is 0. The van der Waals surface area contributed by atoms with E-state index in [2.05, 4.69) is 63.0 Å². The Morgan fingerprint density at radius 2 is 1.81 bits per heavy atom. The highest BCUT2D eigenvalue weighted by Crippen LogP contribution is 2.23. The van der Waals surface area contributed by atoms with Crippen molar-refractivity contribution in [2.45, 2.75) is 40.2 Å². The quantitative estimate of drug-likeness (QED) is 0.809. The highest BCUT2D eigenvalue weighted by molar-refractivity contribution is 5.17.